The molecule has 1 aromatic heterocycles. The summed E-state index contributed by atoms with van der Waals surface area (Å²) in [4.78, 5) is 0. The maximum Gasteiger partial charge on any atom is 0.0829 e. The molecule has 1 saturated heterocycles. The quantitative estimate of drug-likeness (QED) is 0.870. The molecule has 1 aliphatic heterocycles. The van der Waals surface area contributed by atoms with E-state index in [0.717, 1.165) is 37.7 Å². The van der Waals surface area contributed by atoms with Crippen molar-refractivity contribution in [2.45, 2.75) is 46.6 Å². The van der Waals surface area contributed by atoms with Crippen molar-refractivity contribution in [3.8, 4) is 0 Å². The molecule has 1 fully saturated rings. The zero-order valence-corrected chi connectivity index (χ0v) is 11.9. The van der Waals surface area contributed by atoms with Crippen molar-refractivity contribution in [2.75, 3.05) is 13.1 Å². The first-order valence-electron chi connectivity index (χ1n) is 7.25. The molecule has 2 rings (SSSR count). The van der Waals surface area contributed by atoms with Crippen LogP contribution in [0.4, 0.5) is 0 Å². The highest BCUT2D eigenvalue weighted by Gasteiger charge is 2.15. The third kappa shape index (κ3) is 3.80. The SMILES string of the molecule is CC(C)[C@H](C)Cc1cn(CC2CCNCC2)nn1. The van der Waals surface area contributed by atoms with Crippen LogP contribution in [0.3, 0.4) is 0 Å². The number of piperidine rings is 1. The van der Waals surface area contributed by atoms with Gasteiger partial charge < -0.3 is 5.32 Å². The van der Waals surface area contributed by atoms with Crippen molar-refractivity contribution in [3.63, 3.8) is 0 Å². The zero-order chi connectivity index (χ0) is 13.0. The molecule has 0 aromatic carbocycles. The molecule has 1 aromatic rings. The largest absolute Gasteiger partial charge is 0.317 e. The molecule has 0 unspecified atom stereocenters. The van der Waals surface area contributed by atoms with Gasteiger partial charge in [-0.2, -0.15) is 0 Å². The Balaban J connectivity index is 1.85. The number of hydrogen-bond donors (Lipinski definition) is 1. The van der Waals surface area contributed by atoms with Crippen molar-refractivity contribution in [1.29, 1.82) is 0 Å². The second kappa shape index (κ2) is 6.32. The molecule has 0 spiro atoms. The van der Waals surface area contributed by atoms with Crippen molar-refractivity contribution in [3.05, 3.63) is 11.9 Å². The monoisotopic (exact) mass is 250 g/mol. The molecular weight excluding hydrogens is 224 g/mol. The molecule has 1 atom stereocenters. The summed E-state index contributed by atoms with van der Waals surface area (Å²) in [5.41, 5.74) is 1.14. The summed E-state index contributed by atoms with van der Waals surface area (Å²) in [6.07, 6.45) is 5.71. The fourth-order valence-electron chi connectivity index (χ4n) is 2.42. The van der Waals surface area contributed by atoms with Crippen molar-refractivity contribution >= 4 is 0 Å². The van der Waals surface area contributed by atoms with Crippen LogP contribution in [0, 0.1) is 17.8 Å². The number of hydrogen-bond acceptors (Lipinski definition) is 3. The number of aromatic nitrogens is 3. The Hall–Kier alpha value is -0.900. The Kier molecular flexibility index (Phi) is 4.75. The molecule has 102 valence electrons. The van der Waals surface area contributed by atoms with E-state index in [1.165, 1.54) is 12.8 Å². The van der Waals surface area contributed by atoms with Gasteiger partial charge in [0.25, 0.3) is 0 Å². The van der Waals surface area contributed by atoms with E-state index in [0.29, 0.717) is 11.8 Å². The van der Waals surface area contributed by atoms with Gasteiger partial charge in [0.05, 0.1) is 5.69 Å². The van der Waals surface area contributed by atoms with Gasteiger partial charge >= 0.3 is 0 Å². The van der Waals surface area contributed by atoms with Crippen LogP contribution in [-0.4, -0.2) is 28.1 Å². The van der Waals surface area contributed by atoms with Crippen LogP contribution in [0.1, 0.15) is 39.3 Å². The molecule has 18 heavy (non-hydrogen) atoms. The van der Waals surface area contributed by atoms with E-state index >= 15 is 0 Å². The van der Waals surface area contributed by atoms with E-state index in [-0.39, 0.29) is 0 Å². The lowest BCUT2D eigenvalue weighted by Crippen LogP contribution is -2.30. The van der Waals surface area contributed by atoms with Crippen LogP contribution in [-0.2, 0) is 13.0 Å². The van der Waals surface area contributed by atoms with Gasteiger partial charge in [0.1, 0.15) is 0 Å². The van der Waals surface area contributed by atoms with Crippen molar-refractivity contribution < 1.29 is 0 Å². The van der Waals surface area contributed by atoms with Crippen molar-refractivity contribution in [1.82, 2.24) is 20.3 Å². The van der Waals surface area contributed by atoms with Crippen LogP contribution in [0.2, 0.25) is 0 Å². The van der Waals surface area contributed by atoms with E-state index < -0.39 is 0 Å². The van der Waals surface area contributed by atoms with Gasteiger partial charge in [0.2, 0.25) is 0 Å². The van der Waals surface area contributed by atoms with Gasteiger partial charge in [-0.05, 0) is 50.1 Å². The fraction of sp³-hybridized carbons (Fsp3) is 0.857. The molecule has 0 bridgehead atoms. The molecule has 0 amide bonds. The van der Waals surface area contributed by atoms with Crippen LogP contribution in [0.5, 0.6) is 0 Å². The molecule has 2 heterocycles. The molecular formula is C14H26N4. The topological polar surface area (TPSA) is 42.7 Å². The smallest absolute Gasteiger partial charge is 0.0829 e. The Labute approximate surface area is 110 Å². The Morgan fingerprint density at radius 2 is 2.06 bits per heavy atom. The van der Waals surface area contributed by atoms with Gasteiger partial charge in [0, 0.05) is 12.7 Å². The highest BCUT2D eigenvalue weighted by Crippen LogP contribution is 2.16. The predicted octanol–water partition coefficient (Wildman–Crippen LogP) is 2.11. The van der Waals surface area contributed by atoms with Crippen LogP contribution < -0.4 is 5.32 Å². The first-order valence-corrected chi connectivity index (χ1v) is 7.25. The summed E-state index contributed by atoms with van der Waals surface area (Å²) >= 11 is 0. The molecule has 0 saturated carbocycles. The highest BCUT2D eigenvalue weighted by molar-refractivity contribution is 4.94. The summed E-state index contributed by atoms with van der Waals surface area (Å²) in [6, 6.07) is 0. The van der Waals surface area contributed by atoms with E-state index in [4.69, 9.17) is 0 Å². The van der Waals surface area contributed by atoms with E-state index in [1.54, 1.807) is 0 Å². The average molecular weight is 250 g/mol. The molecule has 4 nitrogen and oxygen atoms in total. The number of nitrogens with one attached hydrogen (secondary N) is 1. The lowest BCUT2D eigenvalue weighted by atomic mass is 9.93. The first-order chi connectivity index (χ1) is 8.65. The van der Waals surface area contributed by atoms with E-state index in [9.17, 15) is 0 Å². The maximum absolute atomic E-state index is 4.30. The summed E-state index contributed by atoms with van der Waals surface area (Å²) in [7, 11) is 0. The predicted molar refractivity (Wildman–Crippen MR) is 73.3 cm³/mol. The Morgan fingerprint density at radius 3 is 2.72 bits per heavy atom. The van der Waals surface area contributed by atoms with Gasteiger partial charge in [-0.3, -0.25) is 4.68 Å². The van der Waals surface area contributed by atoms with Gasteiger partial charge in [0.15, 0.2) is 0 Å². The number of nitrogens with zero attached hydrogens (tertiary/aromatic N) is 3. The summed E-state index contributed by atoms with van der Waals surface area (Å²) in [5.74, 6) is 2.15. The van der Waals surface area contributed by atoms with E-state index in [1.807, 2.05) is 4.68 Å². The third-order valence-electron chi connectivity index (χ3n) is 4.16. The van der Waals surface area contributed by atoms with Gasteiger partial charge in [-0.15, -0.1) is 5.10 Å². The molecule has 1 N–H and O–H groups in total. The van der Waals surface area contributed by atoms with Gasteiger partial charge in [-0.25, -0.2) is 0 Å². The van der Waals surface area contributed by atoms with E-state index in [2.05, 4.69) is 42.6 Å². The minimum absolute atomic E-state index is 0.675. The maximum atomic E-state index is 4.30. The summed E-state index contributed by atoms with van der Waals surface area (Å²) in [6.45, 7) is 10.2. The third-order valence-corrected chi connectivity index (χ3v) is 4.16. The molecule has 0 radical (unpaired) electrons. The first kappa shape index (κ1) is 13.5. The minimum Gasteiger partial charge on any atom is -0.317 e. The lowest BCUT2D eigenvalue weighted by molar-refractivity contribution is 0.318. The Morgan fingerprint density at radius 1 is 1.33 bits per heavy atom. The molecule has 1 aliphatic rings. The lowest BCUT2D eigenvalue weighted by Gasteiger charge is -2.21. The average Bonchev–Trinajstić information content (AvgIpc) is 2.77. The van der Waals surface area contributed by atoms with Crippen molar-refractivity contribution in [2.24, 2.45) is 17.8 Å². The number of rotatable bonds is 5. The molecule has 4 heteroatoms. The van der Waals surface area contributed by atoms with Crippen LogP contribution in [0.25, 0.3) is 0 Å². The zero-order valence-electron chi connectivity index (χ0n) is 11.9. The second-order valence-corrected chi connectivity index (χ2v) is 6.05. The highest BCUT2D eigenvalue weighted by atomic mass is 15.4. The van der Waals surface area contributed by atoms with Crippen LogP contribution in [0.15, 0.2) is 6.20 Å². The second-order valence-electron chi connectivity index (χ2n) is 6.05. The minimum atomic E-state index is 0.675. The standard InChI is InChI=1S/C14H26N4/c1-11(2)12(3)8-14-10-18(17-16-14)9-13-4-6-15-7-5-13/h10-13,15H,4-9H2,1-3H3/t12-/m1/s1. The van der Waals surface area contributed by atoms with Gasteiger partial charge in [-0.1, -0.05) is 26.0 Å². The Bertz CT molecular complexity index is 352. The summed E-state index contributed by atoms with van der Waals surface area (Å²) in [5, 5.41) is 12.0. The fourth-order valence-corrected chi connectivity index (χ4v) is 2.42. The van der Waals surface area contributed by atoms with Crippen LogP contribution >= 0.6 is 0 Å². The molecule has 0 aliphatic carbocycles. The normalized spacial score (nSPS) is 19.3. The summed E-state index contributed by atoms with van der Waals surface area (Å²) < 4.78 is 2.04.